The lowest BCUT2D eigenvalue weighted by Gasteiger charge is -2.10. The number of nitrogens with one attached hydrogen (secondary N) is 1. The van der Waals surface area contributed by atoms with Crippen LogP contribution in [0, 0.1) is 0 Å². The van der Waals surface area contributed by atoms with E-state index in [1.165, 1.54) is 12.3 Å². The van der Waals surface area contributed by atoms with E-state index in [0.717, 1.165) is 6.54 Å². The van der Waals surface area contributed by atoms with Crippen LogP contribution in [0.25, 0.3) is 0 Å². The molecular weight excluding hydrogens is 270 g/mol. The van der Waals surface area contributed by atoms with Gasteiger partial charge in [-0.3, -0.25) is 0 Å². The van der Waals surface area contributed by atoms with Crippen molar-refractivity contribution in [3.63, 3.8) is 0 Å². The smallest absolute Gasteiger partial charge is 0.337 e. The van der Waals surface area contributed by atoms with Gasteiger partial charge in [-0.15, -0.1) is 0 Å². The summed E-state index contributed by atoms with van der Waals surface area (Å²) >= 11 is 5.72. The Hall–Kier alpha value is -1.37. The quantitative estimate of drug-likeness (QED) is 0.705. The minimum Gasteiger partial charge on any atom is -0.478 e. The molecule has 2 N–H and O–H groups in total. The van der Waals surface area contributed by atoms with Crippen LogP contribution >= 0.6 is 11.6 Å². The SMILES string of the molecule is CN(C)CCOCCNc1cc(C(=O)O)c(Cl)cn1. The Morgan fingerprint density at radius 1 is 1.53 bits per heavy atom. The summed E-state index contributed by atoms with van der Waals surface area (Å²) in [5, 5.41) is 12.0. The van der Waals surface area contributed by atoms with E-state index in [-0.39, 0.29) is 10.6 Å². The molecule has 1 heterocycles. The Morgan fingerprint density at radius 2 is 2.26 bits per heavy atom. The fourth-order valence-electron chi connectivity index (χ4n) is 1.30. The predicted octanol–water partition coefficient (Wildman–Crippen LogP) is 1.42. The number of nitrogens with zero attached hydrogens (tertiary/aromatic N) is 2. The number of ether oxygens (including phenoxy) is 1. The molecule has 19 heavy (non-hydrogen) atoms. The third-order valence-electron chi connectivity index (χ3n) is 2.32. The number of hydrogen-bond donors (Lipinski definition) is 2. The second-order valence-electron chi connectivity index (χ2n) is 4.20. The number of pyridine rings is 1. The van der Waals surface area contributed by atoms with Crippen LogP contribution in [-0.4, -0.2) is 61.4 Å². The lowest BCUT2D eigenvalue weighted by Crippen LogP contribution is -2.20. The van der Waals surface area contributed by atoms with Crippen LogP contribution in [0.5, 0.6) is 0 Å². The number of carboxylic acid groups (broad SMARTS) is 1. The Labute approximate surface area is 117 Å². The fraction of sp³-hybridized carbons (Fsp3) is 0.500. The van der Waals surface area contributed by atoms with Gasteiger partial charge in [0.05, 0.1) is 23.8 Å². The molecule has 0 aromatic carbocycles. The molecule has 7 heteroatoms. The van der Waals surface area contributed by atoms with Crippen molar-refractivity contribution in [2.24, 2.45) is 0 Å². The average Bonchev–Trinajstić information content (AvgIpc) is 2.34. The number of hydrogen-bond acceptors (Lipinski definition) is 5. The van der Waals surface area contributed by atoms with Crippen molar-refractivity contribution in [2.45, 2.75) is 0 Å². The maximum absolute atomic E-state index is 10.9. The summed E-state index contributed by atoms with van der Waals surface area (Å²) < 4.78 is 5.39. The van der Waals surface area contributed by atoms with Crippen molar-refractivity contribution in [1.29, 1.82) is 0 Å². The zero-order chi connectivity index (χ0) is 14.3. The van der Waals surface area contributed by atoms with Gasteiger partial charge in [-0.25, -0.2) is 9.78 Å². The number of anilines is 1. The molecule has 0 amide bonds. The summed E-state index contributed by atoms with van der Waals surface area (Å²) in [6.45, 7) is 2.60. The van der Waals surface area contributed by atoms with Crippen LogP contribution in [-0.2, 0) is 4.74 Å². The molecular formula is C12H18ClN3O3. The number of carbonyl (C=O) groups is 1. The van der Waals surface area contributed by atoms with Crippen LogP contribution in [0.2, 0.25) is 5.02 Å². The number of aromatic carboxylic acids is 1. The summed E-state index contributed by atoms with van der Waals surface area (Å²) in [6.07, 6.45) is 1.32. The van der Waals surface area contributed by atoms with Gasteiger partial charge < -0.3 is 20.1 Å². The molecule has 0 radical (unpaired) electrons. The summed E-state index contributed by atoms with van der Waals surface area (Å²) in [4.78, 5) is 16.9. The topological polar surface area (TPSA) is 74.7 Å². The molecule has 106 valence electrons. The van der Waals surface area contributed by atoms with Gasteiger partial charge >= 0.3 is 5.97 Å². The van der Waals surface area contributed by atoms with Crippen LogP contribution in [0.3, 0.4) is 0 Å². The third kappa shape index (κ3) is 5.87. The van der Waals surface area contributed by atoms with Gasteiger partial charge in [-0.05, 0) is 20.2 Å². The number of likely N-dealkylation sites (N-methyl/N-ethyl adjacent to an activating group) is 1. The van der Waals surface area contributed by atoms with Crippen LogP contribution in [0.15, 0.2) is 12.3 Å². The Morgan fingerprint density at radius 3 is 2.89 bits per heavy atom. The first kappa shape index (κ1) is 15.7. The van der Waals surface area contributed by atoms with Crippen LogP contribution in [0.1, 0.15) is 10.4 Å². The number of halogens is 1. The van der Waals surface area contributed by atoms with Crippen molar-refractivity contribution < 1.29 is 14.6 Å². The number of aromatic nitrogens is 1. The molecule has 0 aliphatic heterocycles. The lowest BCUT2D eigenvalue weighted by atomic mass is 10.2. The molecule has 6 nitrogen and oxygen atoms in total. The van der Waals surface area contributed by atoms with Crippen molar-refractivity contribution in [3.8, 4) is 0 Å². The van der Waals surface area contributed by atoms with E-state index in [1.807, 2.05) is 19.0 Å². The minimum atomic E-state index is -1.07. The molecule has 1 aromatic heterocycles. The van der Waals surface area contributed by atoms with Crippen molar-refractivity contribution in [2.75, 3.05) is 45.7 Å². The zero-order valence-corrected chi connectivity index (χ0v) is 11.8. The largest absolute Gasteiger partial charge is 0.478 e. The van der Waals surface area contributed by atoms with Gasteiger partial charge in [-0.2, -0.15) is 0 Å². The second kappa shape index (κ2) is 7.93. The maximum Gasteiger partial charge on any atom is 0.337 e. The fourth-order valence-corrected chi connectivity index (χ4v) is 1.48. The van der Waals surface area contributed by atoms with Crippen LogP contribution < -0.4 is 5.32 Å². The second-order valence-corrected chi connectivity index (χ2v) is 4.60. The molecule has 0 aliphatic carbocycles. The van der Waals surface area contributed by atoms with E-state index in [2.05, 4.69) is 10.3 Å². The molecule has 0 bridgehead atoms. The highest BCUT2D eigenvalue weighted by molar-refractivity contribution is 6.33. The highest BCUT2D eigenvalue weighted by Gasteiger charge is 2.09. The Kier molecular flexibility index (Phi) is 6.55. The molecule has 0 aliphatic rings. The third-order valence-corrected chi connectivity index (χ3v) is 2.62. The zero-order valence-electron chi connectivity index (χ0n) is 11.0. The Balaban J connectivity index is 2.34. The van der Waals surface area contributed by atoms with E-state index < -0.39 is 5.97 Å². The molecule has 0 saturated carbocycles. The number of rotatable bonds is 8. The maximum atomic E-state index is 10.9. The summed E-state index contributed by atoms with van der Waals surface area (Å²) in [6, 6.07) is 1.41. The van der Waals surface area contributed by atoms with Gasteiger partial charge in [0.25, 0.3) is 0 Å². The Bertz CT molecular complexity index is 427. The van der Waals surface area contributed by atoms with Gasteiger partial charge in [0.1, 0.15) is 5.82 Å². The van der Waals surface area contributed by atoms with E-state index in [1.54, 1.807) is 0 Å². The lowest BCUT2D eigenvalue weighted by molar-refractivity contribution is 0.0697. The van der Waals surface area contributed by atoms with Gasteiger partial charge in [0.2, 0.25) is 0 Å². The molecule has 0 fully saturated rings. The molecule has 0 atom stereocenters. The molecule has 0 saturated heterocycles. The number of carboxylic acids is 1. The van der Waals surface area contributed by atoms with E-state index in [0.29, 0.717) is 25.6 Å². The van der Waals surface area contributed by atoms with Crippen molar-refractivity contribution in [3.05, 3.63) is 22.8 Å². The minimum absolute atomic E-state index is 0.0349. The highest BCUT2D eigenvalue weighted by atomic mass is 35.5. The first-order valence-corrected chi connectivity index (χ1v) is 6.23. The standard InChI is InChI=1S/C12H18ClN3O3/c1-16(2)4-6-19-5-3-14-11-7-9(12(17)18)10(13)8-15-11/h7-8H,3-6H2,1-2H3,(H,14,15)(H,17,18). The first-order chi connectivity index (χ1) is 9.00. The molecule has 1 rings (SSSR count). The van der Waals surface area contributed by atoms with E-state index in [9.17, 15) is 4.79 Å². The monoisotopic (exact) mass is 287 g/mol. The molecule has 1 aromatic rings. The van der Waals surface area contributed by atoms with Gasteiger partial charge in [0.15, 0.2) is 0 Å². The molecule has 0 unspecified atom stereocenters. The summed E-state index contributed by atoms with van der Waals surface area (Å²) in [5.74, 6) is -0.601. The van der Waals surface area contributed by atoms with Crippen molar-refractivity contribution >= 4 is 23.4 Å². The van der Waals surface area contributed by atoms with Crippen molar-refractivity contribution in [1.82, 2.24) is 9.88 Å². The van der Waals surface area contributed by atoms with Crippen LogP contribution in [0.4, 0.5) is 5.82 Å². The highest BCUT2D eigenvalue weighted by Crippen LogP contribution is 2.17. The first-order valence-electron chi connectivity index (χ1n) is 5.86. The average molecular weight is 288 g/mol. The van der Waals surface area contributed by atoms with E-state index >= 15 is 0 Å². The molecule has 0 spiro atoms. The van der Waals surface area contributed by atoms with E-state index in [4.69, 9.17) is 21.4 Å². The summed E-state index contributed by atoms with van der Waals surface area (Å²) in [5.41, 5.74) is 0.0349. The normalized spacial score (nSPS) is 10.7. The predicted molar refractivity (Wildman–Crippen MR) is 74.1 cm³/mol. The van der Waals surface area contributed by atoms with Gasteiger partial charge in [0, 0.05) is 19.3 Å². The van der Waals surface area contributed by atoms with Gasteiger partial charge in [-0.1, -0.05) is 11.6 Å². The summed E-state index contributed by atoms with van der Waals surface area (Å²) in [7, 11) is 3.96.